The molecule has 0 spiro atoms. The molecule has 2 amide bonds. The first-order valence-electron chi connectivity index (χ1n) is 9.18. The molecule has 0 unspecified atom stereocenters. The van der Waals surface area contributed by atoms with Gasteiger partial charge in [-0.1, -0.05) is 12.1 Å². The van der Waals surface area contributed by atoms with Crippen molar-refractivity contribution < 1.29 is 24.2 Å². The number of para-hydroxylation sites is 1. The zero-order valence-electron chi connectivity index (χ0n) is 16.1. The van der Waals surface area contributed by atoms with Crippen molar-refractivity contribution in [1.82, 2.24) is 5.43 Å². The first-order chi connectivity index (χ1) is 13.9. The highest BCUT2D eigenvalue weighted by Gasteiger charge is 2.29. The Balaban J connectivity index is 1.72. The number of benzene rings is 1. The molecule has 0 radical (unpaired) electrons. The summed E-state index contributed by atoms with van der Waals surface area (Å²) >= 11 is 1.29. The Bertz CT molecular complexity index is 996. The van der Waals surface area contributed by atoms with Crippen molar-refractivity contribution in [3.05, 3.63) is 45.8 Å². The maximum Gasteiger partial charge on any atom is 0.341 e. The summed E-state index contributed by atoms with van der Waals surface area (Å²) in [5.41, 5.74) is 4.16. The maximum absolute atomic E-state index is 12.3. The number of hydrazone groups is 1. The Morgan fingerprint density at radius 2 is 1.97 bits per heavy atom. The van der Waals surface area contributed by atoms with Gasteiger partial charge < -0.3 is 15.2 Å². The number of thiophene rings is 1. The number of anilines is 1. The monoisotopic (exact) mass is 415 g/mol. The first-order valence-corrected chi connectivity index (χ1v) is 9.99. The lowest BCUT2D eigenvalue weighted by atomic mass is 10.1. The molecule has 8 nitrogen and oxygen atoms in total. The second-order valence-corrected chi connectivity index (χ2v) is 7.50. The van der Waals surface area contributed by atoms with Crippen LogP contribution < -0.4 is 10.7 Å². The fraction of sp³-hybridized carbons (Fsp3) is 0.300. The predicted octanol–water partition coefficient (Wildman–Crippen LogP) is 2.60. The van der Waals surface area contributed by atoms with Gasteiger partial charge in [0, 0.05) is 10.4 Å². The number of nitrogens with zero attached hydrogens (tertiary/aromatic N) is 1. The summed E-state index contributed by atoms with van der Waals surface area (Å²) in [6, 6.07) is 6.52. The summed E-state index contributed by atoms with van der Waals surface area (Å²) in [5, 5.41) is 16.5. The van der Waals surface area contributed by atoms with E-state index in [-0.39, 0.29) is 12.4 Å². The lowest BCUT2D eigenvalue weighted by Crippen LogP contribution is -2.33. The number of rotatable bonds is 5. The van der Waals surface area contributed by atoms with Crippen LogP contribution in [0.25, 0.3) is 0 Å². The SMILES string of the molecule is CCOC(=O)c1c(NC(=O)C(=O)NN=C(C)c2ccccc2O)sc2c1CCC2. The molecule has 1 aliphatic rings. The molecule has 1 aromatic carbocycles. The van der Waals surface area contributed by atoms with Gasteiger partial charge in [-0.05, 0) is 50.8 Å². The van der Waals surface area contributed by atoms with Gasteiger partial charge in [0.2, 0.25) is 0 Å². The molecule has 3 rings (SSSR count). The summed E-state index contributed by atoms with van der Waals surface area (Å²) < 4.78 is 5.10. The highest BCUT2D eigenvalue weighted by Crippen LogP contribution is 2.39. The van der Waals surface area contributed by atoms with Gasteiger partial charge in [0.15, 0.2) is 0 Å². The van der Waals surface area contributed by atoms with Crippen molar-refractivity contribution in [2.75, 3.05) is 11.9 Å². The Hall–Kier alpha value is -3.20. The molecule has 1 aromatic heterocycles. The Kier molecular flexibility index (Phi) is 6.28. The van der Waals surface area contributed by atoms with E-state index in [0.717, 1.165) is 29.7 Å². The van der Waals surface area contributed by atoms with Crippen LogP contribution in [-0.4, -0.2) is 35.2 Å². The maximum atomic E-state index is 12.3. The van der Waals surface area contributed by atoms with Gasteiger partial charge in [-0.15, -0.1) is 11.3 Å². The second kappa shape index (κ2) is 8.87. The number of ether oxygens (including phenoxy) is 1. The standard InChI is InChI=1S/C20H21N3O5S/c1-3-28-20(27)16-13-8-6-10-15(13)29-19(16)21-17(25)18(26)23-22-11(2)12-7-4-5-9-14(12)24/h4-5,7,9,24H,3,6,8,10H2,1-2H3,(H,21,25)(H,23,26). The number of hydrogen-bond acceptors (Lipinski definition) is 7. The van der Waals surface area contributed by atoms with Crippen LogP contribution in [-0.2, 0) is 27.2 Å². The molecule has 29 heavy (non-hydrogen) atoms. The van der Waals surface area contributed by atoms with E-state index in [9.17, 15) is 19.5 Å². The molecule has 0 atom stereocenters. The number of hydrogen-bond donors (Lipinski definition) is 3. The number of fused-ring (bicyclic) bond motifs is 1. The fourth-order valence-electron chi connectivity index (χ4n) is 3.10. The predicted molar refractivity (Wildman–Crippen MR) is 109 cm³/mol. The van der Waals surface area contributed by atoms with Gasteiger partial charge in [0.25, 0.3) is 0 Å². The third-order valence-electron chi connectivity index (χ3n) is 4.45. The first kappa shape index (κ1) is 20.5. The van der Waals surface area contributed by atoms with Gasteiger partial charge >= 0.3 is 17.8 Å². The van der Waals surface area contributed by atoms with Gasteiger partial charge in [-0.25, -0.2) is 10.2 Å². The fourth-order valence-corrected chi connectivity index (χ4v) is 4.37. The van der Waals surface area contributed by atoms with E-state index < -0.39 is 17.8 Å². The van der Waals surface area contributed by atoms with Crippen LogP contribution in [0.5, 0.6) is 5.75 Å². The van der Waals surface area contributed by atoms with Crippen molar-refractivity contribution in [3.8, 4) is 5.75 Å². The molecule has 9 heteroatoms. The van der Waals surface area contributed by atoms with Crippen molar-refractivity contribution in [2.45, 2.75) is 33.1 Å². The molecule has 0 saturated carbocycles. The summed E-state index contributed by atoms with van der Waals surface area (Å²) in [4.78, 5) is 37.8. The number of amides is 2. The van der Waals surface area contributed by atoms with Crippen LogP contribution in [0.15, 0.2) is 29.4 Å². The molecule has 1 heterocycles. The van der Waals surface area contributed by atoms with Gasteiger partial charge in [0.1, 0.15) is 10.8 Å². The number of nitrogens with one attached hydrogen (secondary N) is 2. The smallest absolute Gasteiger partial charge is 0.341 e. The number of esters is 1. The zero-order valence-corrected chi connectivity index (χ0v) is 16.9. The van der Waals surface area contributed by atoms with E-state index in [4.69, 9.17) is 4.74 Å². The lowest BCUT2D eigenvalue weighted by molar-refractivity contribution is -0.136. The average molecular weight is 415 g/mol. The number of carbonyl (C=O) groups excluding carboxylic acids is 3. The molecule has 152 valence electrons. The van der Waals surface area contributed by atoms with Crippen molar-refractivity contribution >= 4 is 39.8 Å². The Morgan fingerprint density at radius 1 is 1.21 bits per heavy atom. The van der Waals surface area contributed by atoms with E-state index >= 15 is 0 Å². The Labute approximate surface area is 171 Å². The topological polar surface area (TPSA) is 117 Å². The largest absolute Gasteiger partial charge is 0.507 e. The zero-order chi connectivity index (χ0) is 21.0. The Morgan fingerprint density at radius 3 is 2.69 bits per heavy atom. The minimum atomic E-state index is -0.983. The van der Waals surface area contributed by atoms with Crippen molar-refractivity contribution in [3.63, 3.8) is 0 Å². The molecular weight excluding hydrogens is 394 g/mol. The van der Waals surface area contributed by atoms with Gasteiger partial charge in [-0.3, -0.25) is 9.59 Å². The van der Waals surface area contributed by atoms with Crippen LogP contribution in [0.2, 0.25) is 0 Å². The molecule has 0 saturated heterocycles. The van der Waals surface area contributed by atoms with E-state index in [1.807, 2.05) is 0 Å². The quantitative estimate of drug-likeness (QED) is 0.300. The second-order valence-electron chi connectivity index (χ2n) is 6.39. The van der Waals surface area contributed by atoms with Crippen LogP contribution in [0.4, 0.5) is 5.00 Å². The van der Waals surface area contributed by atoms with E-state index in [1.165, 1.54) is 17.4 Å². The highest BCUT2D eigenvalue weighted by atomic mass is 32.1. The number of phenolic OH excluding ortho intramolecular Hbond substituents is 1. The van der Waals surface area contributed by atoms with E-state index in [2.05, 4.69) is 15.8 Å². The number of aryl methyl sites for hydroxylation is 1. The normalized spacial score (nSPS) is 13.0. The number of carbonyl (C=O) groups is 3. The molecule has 0 bridgehead atoms. The van der Waals surface area contributed by atoms with E-state index in [0.29, 0.717) is 21.8 Å². The van der Waals surface area contributed by atoms with E-state index in [1.54, 1.807) is 32.0 Å². The average Bonchev–Trinajstić information content (AvgIpc) is 3.26. The molecule has 1 aliphatic carbocycles. The van der Waals surface area contributed by atoms with Gasteiger partial charge in [0.05, 0.1) is 17.9 Å². The molecule has 2 aromatic rings. The number of phenols is 1. The van der Waals surface area contributed by atoms with Crippen LogP contribution in [0, 0.1) is 0 Å². The molecule has 0 fully saturated rings. The van der Waals surface area contributed by atoms with Crippen LogP contribution in [0.1, 0.15) is 46.6 Å². The van der Waals surface area contributed by atoms with Crippen molar-refractivity contribution in [1.29, 1.82) is 0 Å². The molecule has 0 aliphatic heterocycles. The summed E-state index contributed by atoms with van der Waals surface area (Å²) in [6.45, 7) is 3.52. The number of aromatic hydroxyl groups is 1. The summed E-state index contributed by atoms with van der Waals surface area (Å²) in [5.74, 6) is -2.41. The molecule has 3 N–H and O–H groups in total. The minimum absolute atomic E-state index is 0.0135. The third kappa shape index (κ3) is 4.45. The lowest BCUT2D eigenvalue weighted by Gasteiger charge is -2.08. The third-order valence-corrected chi connectivity index (χ3v) is 5.66. The van der Waals surface area contributed by atoms with Crippen molar-refractivity contribution in [2.24, 2.45) is 5.10 Å². The summed E-state index contributed by atoms with van der Waals surface area (Å²) in [7, 11) is 0. The van der Waals surface area contributed by atoms with Crippen LogP contribution in [0.3, 0.4) is 0 Å². The highest BCUT2D eigenvalue weighted by molar-refractivity contribution is 7.17. The molecular formula is C20H21N3O5S. The minimum Gasteiger partial charge on any atom is -0.507 e. The van der Waals surface area contributed by atoms with Gasteiger partial charge in [-0.2, -0.15) is 5.10 Å². The van der Waals surface area contributed by atoms with Crippen LogP contribution >= 0.6 is 11.3 Å². The summed E-state index contributed by atoms with van der Waals surface area (Å²) in [6.07, 6.45) is 2.52.